The van der Waals surface area contributed by atoms with Crippen molar-refractivity contribution in [1.29, 1.82) is 0 Å². The summed E-state index contributed by atoms with van der Waals surface area (Å²) in [6.45, 7) is 3.82. The fourth-order valence-electron chi connectivity index (χ4n) is 2.91. The van der Waals surface area contributed by atoms with Gasteiger partial charge in [0, 0.05) is 5.56 Å². The Morgan fingerprint density at radius 3 is 2.61 bits per heavy atom. The van der Waals surface area contributed by atoms with Crippen molar-refractivity contribution in [3.8, 4) is 5.75 Å². The Morgan fingerprint density at radius 1 is 1.22 bits per heavy atom. The molecule has 3 rings (SSSR count). The number of carbonyl (C=O) groups is 1. The molecule has 4 heteroatoms. The molecule has 2 aromatic carbocycles. The minimum atomic E-state index is -1.17. The monoisotopic (exact) mass is 311 g/mol. The van der Waals surface area contributed by atoms with Gasteiger partial charge in [0.25, 0.3) is 0 Å². The first kappa shape index (κ1) is 15.6. The third kappa shape index (κ3) is 2.94. The van der Waals surface area contributed by atoms with Crippen molar-refractivity contribution in [2.75, 3.05) is 6.61 Å². The topological polar surface area (TPSA) is 58.6 Å². The molecule has 4 nitrogen and oxygen atoms in total. The largest absolute Gasteiger partial charge is 0.491 e. The summed E-state index contributed by atoms with van der Waals surface area (Å²) in [4.78, 5) is 12.5. The second-order valence-electron chi connectivity index (χ2n) is 6.15. The number of ether oxygens (including phenoxy) is 1. The molecule has 0 radical (unpaired) electrons. The molecule has 0 spiro atoms. The summed E-state index contributed by atoms with van der Waals surface area (Å²) in [5.74, 6) is 0.257. The highest BCUT2D eigenvalue weighted by molar-refractivity contribution is 5.83. The fourth-order valence-corrected chi connectivity index (χ4v) is 2.91. The Hall–Kier alpha value is -2.33. The first-order valence-electron chi connectivity index (χ1n) is 7.80. The van der Waals surface area contributed by atoms with E-state index in [0.717, 1.165) is 5.56 Å². The van der Waals surface area contributed by atoms with Crippen molar-refractivity contribution >= 4 is 5.91 Å². The first-order chi connectivity index (χ1) is 11.0. The maximum Gasteiger partial charge on any atom is 0.227 e. The zero-order valence-electron chi connectivity index (χ0n) is 13.3. The number of carbonyl (C=O) groups excluding carboxylic acids is 1. The van der Waals surface area contributed by atoms with Crippen LogP contribution in [0.4, 0.5) is 0 Å². The van der Waals surface area contributed by atoms with Gasteiger partial charge in [0.2, 0.25) is 5.91 Å². The highest BCUT2D eigenvalue weighted by Gasteiger charge is 2.41. The summed E-state index contributed by atoms with van der Waals surface area (Å²) >= 11 is 0. The van der Waals surface area contributed by atoms with Crippen LogP contribution in [0.15, 0.2) is 54.6 Å². The lowest BCUT2D eigenvalue weighted by Gasteiger charge is -2.39. The molecular weight excluding hydrogens is 290 g/mol. The summed E-state index contributed by atoms with van der Waals surface area (Å²) in [7, 11) is 0. The minimum absolute atomic E-state index is 0.121. The number of rotatable bonds is 3. The number of hydrogen-bond donors (Lipinski definition) is 2. The van der Waals surface area contributed by atoms with Gasteiger partial charge in [0.15, 0.2) is 0 Å². The molecule has 23 heavy (non-hydrogen) atoms. The van der Waals surface area contributed by atoms with Gasteiger partial charge in [0.05, 0.1) is 12.0 Å². The van der Waals surface area contributed by atoms with Crippen molar-refractivity contribution in [3.05, 3.63) is 65.7 Å². The van der Waals surface area contributed by atoms with E-state index in [0.29, 0.717) is 11.3 Å². The molecule has 2 aromatic rings. The average Bonchev–Trinajstić information content (AvgIpc) is 2.57. The number of hydrogen-bond acceptors (Lipinski definition) is 3. The van der Waals surface area contributed by atoms with E-state index in [9.17, 15) is 9.90 Å². The molecule has 2 N–H and O–H groups in total. The van der Waals surface area contributed by atoms with Crippen molar-refractivity contribution < 1.29 is 14.6 Å². The Balaban J connectivity index is 1.77. The van der Waals surface area contributed by atoms with Crippen LogP contribution in [0, 0.1) is 0 Å². The molecule has 1 heterocycles. The van der Waals surface area contributed by atoms with E-state index >= 15 is 0 Å². The highest BCUT2D eigenvalue weighted by Crippen LogP contribution is 2.36. The van der Waals surface area contributed by atoms with E-state index in [1.54, 1.807) is 6.92 Å². The van der Waals surface area contributed by atoms with Crippen LogP contribution >= 0.6 is 0 Å². The van der Waals surface area contributed by atoms with Gasteiger partial charge in [-0.2, -0.15) is 0 Å². The highest BCUT2D eigenvalue weighted by atomic mass is 16.5. The van der Waals surface area contributed by atoms with E-state index in [1.165, 1.54) is 0 Å². The second-order valence-corrected chi connectivity index (χ2v) is 6.15. The Labute approximate surface area is 136 Å². The lowest BCUT2D eigenvalue weighted by Crippen LogP contribution is -2.55. The second kappa shape index (κ2) is 6.05. The van der Waals surface area contributed by atoms with Gasteiger partial charge >= 0.3 is 0 Å². The van der Waals surface area contributed by atoms with Crippen molar-refractivity contribution in [1.82, 2.24) is 5.32 Å². The summed E-state index contributed by atoms with van der Waals surface area (Å²) in [5.41, 5.74) is 0.478. The zero-order valence-corrected chi connectivity index (χ0v) is 13.3. The van der Waals surface area contributed by atoms with E-state index in [2.05, 4.69) is 5.32 Å². The molecule has 0 fully saturated rings. The van der Waals surface area contributed by atoms with E-state index in [4.69, 9.17) is 4.74 Å². The van der Waals surface area contributed by atoms with Crippen LogP contribution < -0.4 is 10.1 Å². The van der Waals surface area contributed by atoms with Gasteiger partial charge in [-0.1, -0.05) is 48.5 Å². The fraction of sp³-hybridized carbons (Fsp3) is 0.316. The van der Waals surface area contributed by atoms with E-state index < -0.39 is 11.6 Å². The average molecular weight is 311 g/mol. The van der Waals surface area contributed by atoms with Crippen molar-refractivity contribution in [3.63, 3.8) is 0 Å². The number of benzene rings is 2. The molecule has 3 atom stereocenters. The van der Waals surface area contributed by atoms with Crippen LogP contribution in [0.25, 0.3) is 0 Å². The summed E-state index contributed by atoms with van der Waals surface area (Å²) in [5, 5.41) is 13.8. The molecule has 0 saturated carbocycles. The predicted molar refractivity (Wildman–Crippen MR) is 88.3 cm³/mol. The molecule has 1 aliphatic heterocycles. The SMILES string of the molecule is C[C@H](C(=O)NC1COc2ccccc2C1(C)O)c1ccccc1. The predicted octanol–water partition coefficient (Wildman–Crippen LogP) is 2.58. The van der Waals surface area contributed by atoms with Crippen molar-refractivity contribution in [2.24, 2.45) is 0 Å². The quantitative estimate of drug-likeness (QED) is 0.916. The lowest BCUT2D eigenvalue weighted by atomic mass is 9.85. The number of fused-ring (bicyclic) bond motifs is 1. The van der Waals surface area contributed by atoms with Gasteiger partial charge in [-0.3, -0.25) is 4.79 Å². The van der Waals surface area contributed by atoms with Gasteiger partial charge in [-0.15, -0.1) is 0 Å². The Kier molecular flexibility index (Phi) is 4.09. The molecule has 120 valence electrons. The molecule has 1 amide bonds. The third-order valence-corrected chi connectivity index (χ3v) is 4.53. The third-order valence-electron chi connectivity index (χ3n) is 4.53. The number of amides is 1. The van der Waals surface area contributed by atoms with Crippen molar-refractivity contribution in [2.45, 2.75) is 31.4 Å². The number of para-hydroxylation sites is 1. The number of nitrogens with one attached hydrogen (secondary N) is 1. The molecule has 0 aromatic heterocycles. The molecule has 1 aliphatic rings. The Bertz CT molecular complexity index is 697. The van der Waals surface area contributed by atoms with Gasteiger partial charge < -0.3 is 15.2 Å². The summed E-state index contributed by atoms with van der Waals surface area (Å²) < 4.78 is 5.68. The smallest absolute Gasteiger partial charge is 0.227 e. The van der Waals surface area contributed by atoms with Crippen LogP contribution in [0.5, 0.6) is 5.75 Å². The van der Waals surface area contributed by atoms with Gasteiger partial charge in [-0.25, -0.2) is 0 Å². The normalized spacial score (nSPS) is 24.2. The molecule has 0 bridgehead atoms. The van der Waals surface area contributed by atoms with Crippen LogP contribution in [0.2, 0.25) is 0 Å². The first-order valence-corrected chi connectivity index (χ1v) is 7.80. The zero-order chi connectivity index (χ0) is 16.4. The van der Waals surface area contributed by atoms with Crippen LogP contribution in [0.3, 0.4) is 0 Å². The molecule has 2 unspecified atom stereocenters. The number of aliphatic hydroxyl groups is 1. The molecular formula is C19H21NO3. The van der Waals surface area contributed by atoms with Gasteiger partial charge in [0.1, 0.15) is 18.0 Å². The summed E-state index contributed by atoms with van der Waals surface area (Å²) in [6, 6.07) is 16.5. The van der Waals surface area contributed by atoms with Gasteiger partial charge in [-0.05, 0) is 25.5 Å². The Morgan fingerprint density at radius 2 is 1.87 bits per heavy atom. The lowest BCUT2D eigenvalue weighted by molar-refractivity contribution is -0.126. The maximum absolute atomic E-state index is 12.5. The maximum atomic E-state index is 12.5. The minimum Gasteiger partial charge on any atom is -0.491 e. The van der Waals surface area contributed by atoms with Crippen LogP contribution in [0.1, 0.15) is 30.9 Å². The van der Waals surface area contributed by atoms with Crippen LogP contribution in [-0.2, 0) is 10.4 Å². The van der Waals surface area contributed by atoms with Crippen LogP contribution in [-0.4, -0.2) is 23.7 Å². The molecule has 0 saturated heterocycles. The van der Waals surface area contributed by atoms with E-state index in [1.807, 2.05) is 61.5 Å². The van der Waals surface area contributed by atoms with E-state index in [-0.39, 0.29) is 18.4 Å². The standard InChI is InChI=1S/C19H21NO3/c1-13(14-8-4-3-5-9-14)18(21)20-17-12-23-16-11-7-6-10-15(16)19(17,2)22/h3-11,13,17,22H,12H2,1-2H3,(H,20,21)/t13-,17?,19?/m0/s1. The summed E-state index contributed by atoms with van der Waals surface area (Å²) in [6.07, 6.45) is 0. The molecule has 0 aliphatic carbocycles.